The number of aliphatic hydroxyl groups is 1. The smallest absolute Gasteiger partial charge is 0.0577 e. The molecular weight excluding hydrogens is 340 g/mol. The summed E-state index contributed by atoms with van der Waals surface area (Å²) in [6.07, 6.45) is 16.8. The van der Waals surface area contributed by atoms with Crippen LogP contribution < -0.4 is 0 Å². The van der Waals surface area contributed by atoms with Crippen LogP contribution in [0.15, 0.2) is 23.8 Å². The Morgan fingerprint density at radius 1 is 1.14 bits per heavy atom. The zero-order valence-corrected chi connectivity index (χ0v) is 19.0. The van der Waals surface area contributed by atoms with E-state index in [1.54, 1.807) is 5.57 Å². The minimum absolute atomic E-state index is 0.0822. The highest BCUT2D eigenvalue weighted by atomic mass is 16.3. The van der Waals surface area contributed by atoms with E-state index in [-0.39, 0.29) is 6.10 Å². The highest BCUT2D eigenvalue weighted by Gasteiger charge is 2.58. The van der Waals surface area contributed by atoms with Gasteiger partial charge in [-0.25, -0.2) is 0 Å². The maximum absolute atomic E-state index is 10.2. The molecule has 1 N–H and O–H groups in total. The summed E-state index contributed by atoms with van der Waals surface area (Å²) in [7, 11) is 0. The van der Waals surface area contributed by atoms with Crippen LogP contribution in [-0.2, 0) is 0 Å². The van der Waals surface area contributed by atoms with E-state index in [2.05, 4.69) is 40.3 Å². The fourth-order valence-corrected chi connectivity index (χ4v) is 8.09. The van der Waals surface area contributed by atoms with E-state index in [0.29, 0.717) is 16.7 Å². The van der Waals surface area contributed by atoms with Gasteiger partial charge in [0.25, 0.3) is 0 Å². The van der Waals surface area contributed by atoms with Crippen LogP contribution in [0.25, 0.3) is 0 Å². The van der Waals surface area contributed by atoms with E-state index in [9.17, 15) is 5.11 Å². The van der Waals surface area contributed by atoms with E-state index in [1.165, 1.54) is 63.4 Å². The van der Waals surface area contributed by atoms with Crippen LogP contribution >= 0.6 is 0 Å². The minimum Gasteiger partial charge on any atom is -0.393 e. The standard InChI is InChI=1S/C27H44O/c1-18(2)19(3)7-6-8-20-10-12-24-23-11-9-21-17-22(28)13-15-27(21,5)25(23)14-16-26(20,24)4/h9,18,20,22-25,28H,3,6-8,10-17H2,1-2,4-5H3/t20?,22-,23?,24?,25?,26+,27-/m0/s1. The Balaban J connectivity index is 1.45. The fourth-order valence-electron chi connectivity index (χ4n) is 8.09. The summed E-state index contributed by atoms with van der Waals surface area (Å²) in [5, 5.41) is 10.2. The number of hydrogen-bond acceptors (Lipinski definition) is 1. The molecule has 0 spiro atoms. The molecule has 4 aliphatic carbocycles. The summed E-state index contributed by atoms with van der Waals surface area (Å²) >= 11 is 0. The summed E-state index contributed by atoms with van der Waals surface area (Å²) in [5.41, 5.74) is 4.02. The predicted molar refractivity (Wildman–Crippen MR) is 119 cm³/mol. The van der Waals surface area contributed by atoms with E-state index in [4.69, 9.17) is 0 Å². The molecule has 0 aromatic heterocycles. The van der Waals surface area contributed by atoms with Crippen molar-refractivity contribution in [2.45, 2.75) is 104 Å². The van der Waals surface area contributed by atoms with E-state index < -0.39 is 0 Å². The third-order valence-electron chi connectivity index (χ3n) is 10.1. The SMILES string of the molecule is C=C(CCCC1CCC2C3CC=C4C[C@@H](O)CC[C@]4(C)C3CC[C@]12C)C(C)C. The van der Waals surface area contributed by atoms with E-state index in [0.717, 1.165) is 36.5 Å². The van der Waals surface area contributed by atoms with Gasteiger partial charge in [-0.3, -0.25) is 0 Å². The van der Waals surface area contributed by atoms with Gasteiger partial charge >= 0.3 is 0 Å². The Kier molecular flexibility index (Phi) is 5.62. The molecule has 0 heterocycles. The van der Waals surface area contributed by atoms with Gasteiger partial charge in [0, 0.05) is 0 Å². The normalized spacial score (nSPS) is 45.2. The summed E-state index contributed by atoms with van der Waals surface area (Å²) in [6, 6.07) is 0. The molecule has 7 atom stereocenters. The molecular formula is C27H44O. The van der Waals surface area contributed by atoms with Crippen LogP contribution in [0, 0.1) is 40.4 Å². The molecule has 0 aromatic rings. The van der Waals surface area contributed by atoms with Gasteiger partial charge < -0.3 is 5.11 Å². The number of aliphatic hydroxyl groups excluding tert-OH is 1. The molecule has 0 radical (unpaired) electrons. The van der Waals surface area contributed by atoms with Crippen molar-refractivity contribution < 1.29 is 5.11 Å². The quantitative estimate of drug-likeness (QED) is 0.493. The van der Waals surface area contributed by atoms with Crippen LogP contribution in [0.5, 0.6) is 0 Å². The highest BCUT2D eigenvalue weighted by molar-refractivity contribution is 5.25. The second-order valence-electron chi connectivity index (χ2n) is 11.7. The maximum Gasteiger partial charge on any atom is 0.0577 e. The zero-order valence-electron chi connectivity index (χ0n) is 19.0. The molecule has 4 rings (SSSR count). The van der Waals surface area contributed by atoms with Gasteiger partial charge in [0.1, 0.15) is 0 Å². The van der Waals surface area contributed by atoms with Gasteiger partial charge in [-0.1, -0.05) is 51.5 Å². The summed E-state index contributed by atoms with van der Waals surface area (Å²) in [4.78, 5) is 0. The van der Waals surface area contributed by atoms with Crippen molar-refractivity contribution in [1.29, 1.82) is 0 Å². The number of allylic oxidation sites excluding steroid dienone is 2. The lowest BCUT2D eigenvalue weighted by molar-refractivity contribution is -0.0508. The second-order valence-corrected chi connectivity index (χ2v) is 11.7. The molecule has 0 aliphatic heterocycles. The first-order chi connectivity index (χ1) is 13.3. The molecule has 0 aromatic carbocycles. The monoisotopic (exact) mass is 384 g/mol. The van der Waals surface area contributed by atoms with E-state index >= 15 is 0 Å². The van der Waals surface area contributed by atoms with Gasteiger partial charge in [0.05, 0.1) is 6.10 Å². The summed E-state index contributed by atoms with van der Waals surface area (Å²) in [6.45, 7) is 14.1. The van der Waals surface area contributed by atoms with Crippen LogP contribution in [0.3, 0.4) is 0 Å². The summed E-state index contributed by atoms with van der Waals surface area (Å²) < 4.78 is 0. The molecule has 4 unspecified atom stereocenters. The van der Waals surface area contributed by atoms with Crippen LogP contribution in [0.4, 0.5) is 0 Å². The Morgan fingerprint density at radius 3 is 2.68 bits per heavy atom. The lowest BCUT2D eigenvalue weighted by atomic mass is 9.47. The Bertz CT molecular complexity index is 630. The van der Waals surface area contributed by atoms with Crippen molar-refractivity contribution in [3.8, 4) is 0 Å². The third-order valence-corrected chi connectivity index (χ3v) is 10.1. The molecule has 3 fully saturated rings. The molecule has 158 valence electrons. The topological polar surface area (TPSA) is 20.2 Å². The van der Waals surface area contributed by atoms with Crippen LogP contribution in [0.2, 0.25) is 0 Å². The van der Waals surface area contributed by atoms with Crippen molar-refractivity contribution in [1.82, 2.24) is 0 Å². The Labute approximate surface area is 174 Å². The Hall–Kier alpha value is -0.560. The molecule has 28 heavy (non-hydrogen) atoms. The molecule has 3 saturated carbocycles. The molecule has 0 bridgehead atoms. The van der Waals surface area contributed by atoms with Crippen molar-refractivity contribution >= 4 is 0 Å². The average molecular weight is 385 g/mol. The molecule has 1 heteroatoms. The van der Waals surface area contributed by atoms with Crippen LogP contribution in [0.1, 0.15) is 98.3 Å². The lowest BCUT2D eigenvalue weighted by Crippen LogP contribution is -2.50. The maximum atomic E-state index is 10.2. The van der Waals surface area contributed by atoms with Crippen LogP contribution in [-0.4, -0.2) is 11.2 Å². The van der Waals surface area contributed by atoms with Crippen molar-refractivity contribution in [2.75, 3.05) is 0 Å². The minimum atomic E-state index is -0.0822. The van der Waals surface area contributed by atoms with Gasteiger partial charge in [-0.15, -0.1) is 0 Å². The first-order valence-corrected chi connectivity index (χ1v) is 12.3. The van der Waals surface area contributed by atoms with Gasteiger partial charge in [0.2, 0.25) is 0 Å². The van der Waals surface area contributed by atoms with Gasteiger partial charge in [-0.2, -0.15) is 0 Å². The van der Waals surface area contributed by atoms with Gasteiger partial charge in [0.15, 0.2) is 0 Å². The molecule has 1 nitrogen and oxygen atoms in total. The largest absolute Gasteiger partial charge is 0.393 e. The lowest BCUT2D eigenvalue weighted by Gasteiger charge is -2.58. The molecule has 0 saturated heterocycles. The molecule has 4 aliphatic rings. The number of rotatable bonds is 5. The second kappa shape index (κ2) is 7.60. The number of fused-ring (bicyclic) bond motifs is 5. The highest BCUT2D eigenvalue weighted by Crippen LogP contribution is 2.66. The first-order valence-electron chi connectivity index (χ1n) is 12.3. The fraction of sp³-hybridized carbons (Fsp3) is 0.852. The van der Waals surface area contributed by atoms with E-state index in [1.807, 2.05) is 0 Å². The van der Waals surface area contributed by atoms with Crippen molar-refractivity contribution in [3.63, 3.8) is 0 Å². The Morgan fingerprint density at radius 2 is 1.93 bits per heavy atom. The van der Waals surface area contributed by atoms with Crippen molar-refractivity contribution in [3.05, 3.63) is 23.8 Å². The zero-order chi connectivity index (χ0) is 20.1. The molecule has 0 amide bonds. The third kappa shape index (κ3) is 3.34. The predicted octanol–water partition coefficient (Wildman–Crippen LogP) is 7.31. The average Bonchev–Trinajstić information content (AvgIpc) is 2.99. The van der Waals surface area contributed by atoms with Gasteiger partial charge in [-0.05, 0) is 111 Å². The summed E-state index contributed by atoms with van der Waals surface area (Å²) in [5.74, 6) is 4.28. The first kappa shape index (κ1) is 20.7. The van der Waals surface area contributed by atoms with Crippen molar-refractivity contribution in [2.24, 2.45) is 40.4 Å². The number of hydrogen-bond donors (Lipinski definition) is 1.